The third-order valence-electron chi connectivity index (χ3n) is 10.8. The Kier molecular flexibility index (Phi) is 19.3. The van der Waals surface area contributed by atoms with E-state index in [0.29, 0.717) is 0 Å². The molecule has 12 atom stereocenters. The summed E-state index contributed by atoms with van der Waals surface area (Å²) in [4.78, 5) is 61.8. The summed E-state index contributed by atoms with van der Waals surface area (Å²) in [6.45, 7) is 2.26. The van der Waals surface area contributed by atoms with Crippen LogP contribution in [0.25, 0.3) is 0 Å². The van der Waals surface area contributed by atoms with E-state index in [1.807, 2.05) is 0 Å². The number of aliphatic hydroxyl groups excluding tert-OH is 12. The highest BCUT2D eigenvalue weighted by Gasteiger charge is 2.35. The lowest BCUT2D eigenvalue weighted by Gasteiger charge is -2.22. The molecule has 4 aromatic rings. The summed E-state index contributed by atoms with van der Waals surface area (Å²) in [5.41, 5.74) is 4.59. The molecule has 0 bridgehead atoms. The Balaban J connectivity index is 1.27. The number of furan rings is 4. The molecule has 0 spiro atoms. The first-order valence-electron chi connectivity index (χ1n) is 20.9. The van der Waals surface area contributed by atoms with E-state index in [0.717, 1.165) is 24.3 Å². The highest BCUT2D eigenvalue weighted by molar-refractivity contribution is 5.97. The molecule has 0 radical (unpaired) electrons. The van der Waals surface area contributed by atoms with Crippen LogP contribution in [0.15, 0.2) is 41.9 Å². The van der Waals surface area contributed by atoms with Crippen molar-refractivity contribution in [2.24, 2.45) is 5.73 Å². The molecule has 4 aromatic heterocycles. The zero-order chi connectivity index (χ0) is 51.8. The molecule has 0 unspecified atom stereocenters. The lowest BCUT2D eigenvalue weighted by atomic mass is 10.0. The van der Waals surface area contributed by atoms with Gasteiger partial charge >= 0.3 is 5.97 Å². The summed E-state index contributed by atoms with van der Waals surface area (Å²) in [7, 11) is 0. The fourth-order valence-electron chi connectivity index (χ4n) is 6.65. The Labute approximate surface area is 390 Å². The van der Waals surface area contributed by atoms with Crippen LogP contribution in [0.3, 0.4) is 0 Å². The van der Waals surface area contributed by atoms with Crippen LogP contribution in [0.2, 0.25) is 0 Å². The Hall–Kier alpha value is -6.05. The molecule has 4 rings (SSSR count). The Morgan fingerprint density at radius 2 is 0.667 bits per heavy atom. The van der Waals surface area contributed by atoms with Gasteiger partial charge in [0, 0.05) is 26.2 Å². The van der Waals surface area contributed by atoms with Crippen LogP contribution in [0, 0.1) is 27.7 Å². The molecular weight excluding hydrogens is 926 g/mol. The number of carbonyl (C=O) groups excluding carboxylic acids is 4. The van der Waals surface area contributed by atoms with E-state index in [1.165, 1.54) is 27.7 Å². The van der Waals surface area contributed by atoms with Crippen molar-refractivity contribution in [2.45, 2.75) is 101 Å². The molecule has 69 heavy (non-hydrogen) atoms. The molecule has 0 saturated carbocycles. The normalized spacial score (nSPS) is 17.0. The number of aliphatic carboxylic acids is 1. The molecule has 19 N–H and O–H groups in total. The number of nitrogens with two attached hydrogens (primary N) is 1. The third-order valence-corrected chi connectivity index (χ3v) is 10.8. The largest absolute Gasteiger partial charge is 0.480 e. The van der Waals surface area contributed by atoms with Gasteiger partial charge in [0.15, 0.2) is 0 Å². The number of carboxylic acids is 1. The van der Waals surface area contributed by atoms with Gasteiger partial charge in [0.25, 0.3) is 23.6 Å². The van der Waals surface area contributed by atoms with Gasteiger partial charge in [-0.05, 0) is 52.0 Å². The van der Waals surface area contributed by atoms with E-state index in [4.69, 9.17) is 28.5 Å². The van der Waals surface area contributed by atoms with Gasteiger partial charge in [0.1, 0.15) is 120 Å². The van der Waals surface area contributed by atoms with Crippen molar-refractivity contribution in [3.63, 3.8) is 0 Å². The molecule has 27 heteroatoms. The van der Waals surface area contributed by atoms with E-state index in [2.05, 4.69) is 21.3 Å². The van der Waals surface area contributed by atoms with Crippen LogP contribution >= 0.6 is 0 Å². The molecule has 0 aliphatic carbocycles. The molecule has 27 nitrogen and oxygen atoms in total. The van der Waals surface area contributed by atoms with Crippen LogP contribution in [-0.2, 0) is 4.79 Å². The number of amides is 4. The van der Waals surface area contributed by atoms with Gasteiger partial charge in [0.05, 0.1) is 28.4 Å². The topological polar surface area (TPSA) is 475 Å². The van der Waals surface area contributed by atoms with Crippen LogP contribution < -0.4 is 27.0 Å². The number of aryl methyl sites for hydroxylation is 4. The molecular formula is C42H57N5O22. The van der Waals surface area contributed by atoms with Gasteiger partial charge in [-0.15, -0.1) is 0 Å². The van der Waals surface area contributed by atoms with E-state index in [1.54, 1.807) is 0 Å². The second-order valence-electron chi connectivity index (χ2n) is 15.9. The number of aliphatic hydroxyl groups is 12. The van der Waals surface area contributed by atoms with Crippen molar-refractivity contribution in [1.82, 2.24) is 21.3 Å². The van der Waals surface area contributed by atoms with Crippen molar-refractivity contribution < 1.29 is 108 Å². The summed E-state index contributed by atoms with van der Waals surface area (Å²) in [5.74, 6) is -6.46. The van der Waals surface area contributed by atoms with Gasteiger partial charge in [-0.3, -0.25) is 24.0 Å². The minimum atomic E-state index is -2.03. The molecule has 0 fully saturated rings. The summed E-state index contributed by atoms with van der Waals surface area (Å²) in [5, 5.41) is 143. The van der Waals surface area contributed by atoms with Crippen molar-refractivity contribution >= 4 is 29.6 Å². The summed E-state index contributed by atoms with van der Waals surface area (Å²) >= 11 is 0. The molecule has 0 aliphatic heterocycles. The third kappa shape index (κ3) is 13.6. The Morgan fingerprint density at radius 1 is 0.435 bits per heavy atom. The lowest BCUT2D eigenvalue weighted by molar-refractivity contribution is -0.135. The second kappa shape index (κ2) is 24.0. The predicted octanol–water partition coefficient (Wildman–Crippen LogP) is -4.62. The first kappa shape index (κ1) is 55.5. The monoisotopic (exact) mass is 983 g/mol. The van der Waals surface area contributed by atoms with Crippen LogP contribution in [0.4, 0.5) is 0 Å². The van der Waals surface area contributed by atoms with Crippen LogP contribution in [0.5, 0.6) is 0 Å². The summed E-state index contributed by atoms with van der Waals surface area (Å²) in [6.07, 6.45) is -22.3. The maximum atomic E-state index is 13.0. The molecule has 0 aliphatic rings. The molecule has 0 saturated heterocycles. The number of nitrogens with one attached hydrogen (secondary N) is 4. The van der Waals surface area contributed by atoms with E-state index >= 15 is 0 Å². The van der Waals surface area contributed by atoms with E-state index < -0.39 is 141 Å². The number of rotatable bonds is 25. The van der Waals surface area contributed by atoms with Crippen molar-refractivity contribution in [2.75, 3.05) is 32.7 Å². The zero-order valence-corrected chi connectivity index (χ0v) is 37.3. The van der Waals surface area contributed by atoms with Crippen molar-refractivity contribution in [1.29, 1.82) is 0 Å². The number of carbonyl (C=O) groups is 5. The lowest BCUT2D eigenvalue weighted by Crippen LogP contribution is -2.42. The predicted molar refractivity (Wildman–Crippen MR) is 228 cm³/mol. The highest BCUT2D eigenvalue weighted by atomic mass is 16.4. The fourth-order valence-corrected chi connectivity index (χ4v) is 6.65. The van der Waals surface area contributed by atoms with Crippen molar-refractivity contribution in [3.8, 4) is 0 Å². The number of hydrogen-bond donors (Lipinski definition) is 18. The van der Waals surface area contributed by atoms with Gasteiger partial charge in [-0.1, -0.05) is 0 Å². The second-order valence-corrected chi connectivity index (χ2v) is 15.9. The van der Waals surface area contributed by atoms with Crippen LogP contribution in [0.1, 0.15) is 112 Å². The smallest absolute Gasteiger partial charge is 0.322 e. The quantitative estimate of drug-likeness (QED) is 0.0297. The standard InChI is InChI=1S/C42H57N5O22/c1-14-18(5-26(66-14)35(58)31(54)22(48)9-43)39(62)44-10-23(49)32(55)36(59)27-6-19(15(2)67-27)40(63)45-11-24(50)33(56)37(60)28-7-20(16(3)68-28)41(64)46-12-25(51)34(57)38(61)29-8-21(17(4)69-29)42(65)47-13-30(52)53/h5-8,22-25,31-38,48-51,54-61H,9-13,43H2,1-4H3,(H,44,62)(H,45,63)(H,46,64)(H,47,65)(H,52,53)/t22-,23-,24-,25-,31-,32-,33-,34-,35-,36-,37-,38-/m1/s1. The van der Waals surface area contributed by atoms with Crippen LogP contribution in [-0.4, -0.2) is 178 Å². The SMILES string of the molecule is Cc1oc([C@@H](O)[C@H](O)[C@H](O)CN)cc1C(=O)NC[C@@H](O)[C@@H](O)[C@H](O)c1cc(C(=O)NC[C@@H](O)[C@@H](O)[C@H](O)c2cc(C(=O)NC[C@@H](O)[C@@H](O)[C@H](O)c3cc(C(=O)NCC(=O)O)c(C)o3)c(C)o2)c(C)o1. The van der Waals surface area contributed by atoms with E-state index in [-0.39, 0.29) is 63.4 Å². The number of hydrogen-bond acceptors (Lipinski definition) is 22. The Morgan fingerprint density at radius 3 is 0.899 bits per heavy atom. The highest BCUT2D eigenvalue weighted by Crippen LogP contribution is 2.29. The average molecular weight is 984 g/mol. The average Bonchev–Trinajstić information content (AvgIpc) is 4.12. The van der Waals surface area contributed by atoms with Gasteiger partial charge in [0.2, 0.25) is 0 Å². The van der Waals surface area contributed by atoms with E-state index in [9.17, 15) is 85.3 Å². The molecule has 0 aromatic carbocycles. The van der Waals surface area contributed by atoms with Gasteiger partial charge < -0.3 is 111 Å². The maximum Gasteiger partial charge on any atom is 0.322 e. The summed E-state index contributed by atoms with van der Waals surface area (Å²) < 4.78 is 21.4. The minimum absolute atomic E-state index is 0.00652. The Bertz CT molecular complexity index is 2410. The first-order chi connectivity index (χ1) is 32.3. The molecule has 4 heterocycles. The first-order valence-corrected chi connectivity index (χ1v) is 20.9. The molecule has 382 valence electrons. The molecule has 4 amide bonds. The van der Waals surface area contributed by atoms with Crippen molar-refractivity contribution in [3.05, 3.63) is 92.6 Å². The fraction of sp³-hybridized carbons (Fsp3) is 0.500. The van der Waals surface area contributed by atoms with Gasteiger partial charge in [-0.25, -0.2) is 0 Å². The number of carboxylic acid groups (broad SMARTS) is 1. The van der Waals surface area contributed by atoms with Gasteiger partial charge in [-0.2, -0.15) is 0 Å². The maximum absolute atomic E-state index is 13.0. The minimum Gasteiger partial charge on any atom is -0.480 e. The zero-order valence-electron chi connectivity index (χ0n) is 37.3. The summed E-state index contributed by atoms with van der Waals surface area (Å²) in [6, 6.07) is 4.16.